The van der Waals surface area contributed by atoms with E-state index in [0.717, 1.165) is 18.7 Å². The molecule has 1 aliphatic rings. The average Bonchev–Trinajstić information content (AvgIpc) is 2.53. The second kappa shape index (κ2) is 8.72. The van der Waals surface area contributed by atoms with E-state index in [9.17, 15) is 4.79 Å². The lowest BCUT2D eigenvalue weighted by molar-refractivity contribution is -0.146. The average molecular weight is 396 g/mol. The summed E-state index contributed by atoms with van der Waals surface area (Å²) in [6, 6.07) is 5.45. The Balaban J connectivity index is 0.00000288. The second-order valence-electron chi connectivity index (χ2n) is 6.61. The van der Waals surface area contributed by atoms with E-state index in [1.54, 1.807) is 7.11 Å². The molecule has 2 rings (SSSR count). The van der Waals surface area contributed by atoms with Crippen LogP contribution in [0.2, 0.25) is 10.0 Å². The zero-order chi connectivity index (χ0) is 17.1. The number of halogens is 3. The molecule has 1 heterocycles. The number of nitrogens with one attached hydrogen (secondary N) is 2. The summed E-state index contributed by atoms with van der Waals surface area (Å²) in [7, 11) is 1.60. The fourth-order valence-electron chi connectivity index (χ4n) is 3.05. The monoisotopic (exact) mass is 394 g/mol. The van der Waals surface area contributed by atoms with E-state index in [4.69, 9.17) is 27.9 Å². The van der Waals surface area contributed by atoms with Crippen molar-refractivity contribution >= 4 is 41.5 Å². The van der Waals surface area contributed by atoms with Gasteiger partial charge in [0.2, 0.25) is 0 Å². The van der Waals surface area contributed by atoms with Crippen LogP contribution < -0.4 is 10.6 Å². The van der Waals surface area contributed by atoms with Gasteiger partial charge in [0.1, 0.15) is 5.60 Å². The summed E-state index contributed by atoms with van der Waals surface area (Å²) >= 11 is 12.6. The molecule has 2 N–H and O–H groups in total. The molecule has 1 saturated heterocycles. The highest BCUT2D eigenvalue weighted by molar-refractivity contribution is 6.36. The fraction of sp³-hybridized carbons (Fsp3) is 0.588. The maximum absolute atomic E-state index is 12.7. The number of hydrogen-bond acceptors (Lipinski definition) is 3. The van der Waals surface area contributed by atoms with Gasteiger partial charge in [-0.2, -0.15) is 0 Å². The first-order valence-corrected chi connectivity index (χ1v) is 8.57. The molecule has 24 heavy (non-hydrogen) atoms. The SMILES string of the molecule is COC1(C(=O)NCC(C)(C)c2c(Cl)cccc2Cl)CCNCC1.Cl. The van der Waals surface area contributed by atoms with Crippen molar-refractivity contribution < 1.29 is 9.53 Å². The van der Waals surface area contributed by atoms with Gasteiger partial charge >= 0.3 is 0 Å². The Morgan fingerprint density at radius 2 is 1.83 bits per heavy atom. The molecule has 0 aromatic heterocycles. The third kappa shape index (κ3) is 4.55. The zero-order valence-corrected chi connectivity index (χ0v) is 16.6. The first-order chi connectivity index (χ1) is 10.8. The molecule has 0 saturated carbocycles. The van der Waals surface area contributed by atoms with Crippen molar-refractivity contribution in [3.8, 4) is 0 Å². The molecule has 1 aliphatic heterocycles. The largest absolute Gasteiger partial charge is 0.368 e. The molecule has 136 valence electrons. The van der Waals surface area contributed by atoms with E-state index in [1.807, 2.05) is 32.0 Å². The van der Waals surface area contributed by atoms with Gasteiger partial charge < -0.3 is 15.4 Å². The molecular formula is C17H25Cl3N2O2. The first-order valence-electron chi connectivity index (χ1n) is 7.81. The highest BCUT2D eigenvalue weighted by Crippen LogP contribution is 2.35. The van der Waals surface area contributed by atoms with E-state index in [0.29, 0.717) is 29.4 Å². The van der Waals surface area contributed by atoms with Crippen molar-refractivity contribution in [2.75, 3.05) is 26.7 Å². The lowest BCUT2D eigenvalue weighted by Crippen LogP contribution is -2.55. The van der Waals surface area contributed by atoms with Crippen LogP contribution in [-0.2, 0) is 14.9 Å². The predicted molar refractivity (Wildman–Crippen MR) is 102 cm³/mol. The fourth-order valence-corrected chi connectivity index (χ4v) is 3.96. The summed E-state index contributed by atoms with van der Waals surface area (Å²) in [5.41, 5.74) is -0.279. The van der Waals surface area contributed by atoms with Gasteiger partial charge in [0.15, 0.2) is 0 Å². The molecule has 4 nitrogen and oxygen atoms in total. The van der Waals surface area contributed by atoms with Crippen LogP contribution in [0.3, 0.4) is 0 Å². The first kappa shape index (κ1) is 21.5. The number of carbonyl (C=O) groups is 1. The van der Waals surface area contributed by atoms with Crippen molar-refractivity contribution in [1.29, 1.82) is 0 Å². The van der Waals surface area contributed by atoms with Crippen molar-refractivity contribution in [1.82, 2.24) is 10.6 Å². The normalized spacial score (nSPS) is 17.0. The number of benzene rings is 1. The zero-order valence-electron chi connectivity index (χ0n) is 14.2. The lowest BCUT2D eigenvalue weighted by Gasteiger charge is -2.36. The predicted octanol–water partition coefficient (Wildman–Crippen LogP) is 3.58. The van der Waals surface area contributed by atoms with Crippen molar-refractivity contribution in [3.63, 3.8) is 0 Å². The maximum atomic E-state index is 12.7. The number of hydrogen-bond donors (Lipinski definition) is 2. The van der Waals surface area contributed by atoms with Gasteiger partial charge in [0.05, 0.1) is 0 Å². The number of rotatable bonds is 5. The Morgan fingerprint density at radius 3 is 2.33 bits per heavy atom. The molecular weight excluding hydrogens is 371 g/mol. The molecule has 1 amide bonds. The van der Waals surface area contributed by atoms with Gasteiger partial charge in [-0.15, -0.1) is 12.4 Å². The maximum Gasteiger partial charge on any atom is 0.252 e. The van der Waals surface area contributed by atoms with Gasteiger partial charge in [-0.1, -0.05) is 43.1 Å². The summed E-state index contributed by atoms with van der Waals surface area (Å²) in [5, 5.41) is 7.50. The van der Waals surface area contributed by atoms with E-state index < -0.39 is 5.60 Å². The molecule has 0 atom stereocenters. The number of carbonyl (C=O) groups excluding carboxylic acids is 1. The van der Waals surface area contributed by atoms with E-state index in [2.05, 4.69) is 10.6 Å². The Hall–Kier alpha value is -0.520. The number of amides is 1. The summed E-state index contributed by atoms with van der Waals surface area (Å²) in [6.07, 6.45) is 1.34. The van der Waals surface area contributed by atoms with Crippen molar-refractivity contribution in [2.45, 2.75) is 37.7 Å². The summed E-state index contributed by atoms with van der Waals surface area (Å²) < 4.78 is 5.55. The molecule has 7 heteroatoms. The second-order valence-corrected chi connectivity index (χ2v) is 7.43. The third-order valence-corrected chi connectivity index (χ3v) is 5.18. The quantitative estimate of drug-likeness (QED) is 0.801. The Morgan fingerprint density at radius 1 is 1.29 bits per heavy atom. The molecule has 1 fully saturated rings. The summed E-state index contributed by atoms with van der Waals surface area (Å²) in [6.45, 7) is 6.03. The van der Waals surface area contributed by atoms with Gasteiger partial charge in [-0.25, -0.2) is 0 Å². The van der Waals surface area contributed by atoms with E-state index in [-0.39, 0.29) is 23.7 Å². The molecule has 0 aliphatic carbocycles. The van der Waals surface area contributed by atoms with Crippen LogP contribution >= 0.6 is 35.6 Å². The lowest BCUT2D eigenvalue weighted by atomic mass is 9.83. The molecule has 1 aromatic rings. The molecule has 0 radical (unpaired) electrons. The molecule has 0 unspecified atom stereocenters. The molecule has 0 bridgehead atoms. The minimum atomic E-state index is -0.744. The van der Waals surface area contributed by atoms with Gasteiger partial charge in [0, 0.05) is 29.1 Å². The van der Waals surface area contributed by atoms with Crippen LogP contribution in [0.4, 0.5) is 0 Å². The van der Waals surface area contributed by atoms with Gasteiger partial charge in [0.25, 0.3) is 5.91 Å². The molecule has 1 aromatic carbocycles. The highest BCUT2D eigenvalue weighted by Gasteiger charge is 2.40. The van der Waals surface area contributed by atoms with Crippen molar-refractivity contribution in [2.24, 2.45) is 0 Å². The van der Waals surface area contributed by atoms with Crippen LogP contribution in [-0.4, -0.2) is 38.3 Å². The molecule has 0 spiro atoms. The third-order valence-electron chi connectivity index (χ3n) is 4.55. The van der Waals surface area contributed by atoms with Crippen LogP contribution in [0.25, 0.3) is 0 Å². The van der Waals surface area contributed by atoms with Crippen LogP contribution in [0, 0.1) is 0 Å². The van der Waals surface area contributed by atoms with Crippen molar-refractivity contribution in [3.05, 3.63) is 33.8 Å². The topological polar surface area (TPSA) is 50.4 Å². The van der Waals surface area contributed by atoms with E-state index >= 15 is 0 Å². The number of methoxy groups -OCH3 is 1. The summed E-state index contributed by atoms with van der Waals surface area (Å²) in [5.74, 6) is -0.0715. The van der Waals surface area contributed by atoms with Crippen LogP contribution in [0.15, 0.2) is 18.2 Å². The Labute approximate surface area is 160 Å². The van der Waals surface area contributed by atoms with Gasteiger partial charge in [-0.3, -0.25) is 4.79 Å². The minimum Gasteiger partial charge on any atom is -0.368 e. The standard InChI is InChI=1S/C17H24Cl2N2O2.ClH/c1-16(2,14-12(18)5-4-6-13(14)19)11-21-15(22)17(23-3)7-9-20-10-8-17;/h4-6,20H,7-11H2,1-3H3,(H,21,22);1H. The number of ether oxygens (including phenoxy) is 1. The van der Waals surface area contributed by atoms with Crippen LogP contribution in [0.1, 0.15) is 32.3 Å². The van der Waals surface area contributed by atoms with Gasteiger partial charge in [-0.05, 0) is 43.6 Å². The van der Waals surface area contributed by atoms with E-state index in [1.165, 1.54) is 0 Å². The Kier molecular flexibility index (Phi) is 7.82. The summed E-state index contributed by atoms with van der Waals surface area (Å²) in [4.78, 5) is 12.7. The highest BCUT2D eigenvalue weighted by atomic mass is 35.5. The smallest absolute Gasteiger partial charge is 0.252 e. The Bertz CT molecular complexity index is 553. The number of piperidine rings is 1. The van der Waals surface area contributed by atoms with Crippen LogP contribution in [0.5, 0.6) is 0 Å². The minimum absolute atomic E-state index is 0.